The Kier molecular flexibility index (Phi) is 5.42. The first-order valence-corrected chi connectivity index (χ1v) is 7.13. The maximum atomic E-state index is 5.94. The van der Waals surface area contributed by atoms with Gasteiger partial charge in [-0.25, -0.2) is 0 Å². The van der Waals surface area contributed by atoms with Crippen LogP contribution in [0.15, 0.2) is 24.3 Å². The Morgan fingerprint density at radius 2 is 1.63 bits per heavy atom. The average Bonchev–Trinajstić information content (AvgIpc) is 2.25. The number of hydrogen-bond acceptors (Lipinski definition) is 2. The second-order valence-electron chi connectivity index (χ2n) is 7.37. The summed E-state index contributed by atoms with van der Waals surface area (Å²) in [7, 11) is 0. The number of hydrogen-bond donors (Lipinski definition) is 1. The topological polar surface area (TPSA) is 21.3 Å². The Morgan fingerprint density at radius 1 is 1.00 bits per heavy atom. The molecule has 0 saturated heterocycles. The molecule has 0 aliphatic carbocycles. The van der Waals surface area contributed by atoms with Crippen molar-refractivity contribution in [1.82, 2.24) is 5.32 Å². The zero-order valence-electron chi connectivity index (χ0n) is 13.3. The lowest BCUT2D eigenvalue weighted by Gasteiger charge is -2.22. The summed E-state index contributed by atoms with van der Waals surface area (Å²) in [6, 6.07) is 8.29. The van der Waals surface area contributed by atoms with Crippen LogP contribution < -0.4 is 10.1 Å². The Balaban J connectivity index is 2.58. The molecule has 2 heteroatoms. The van der Waals surface area contributed by atoms with Gasteiger partial charge in [-0.1, -0.05) is 39.0 Å². The first-order valence-electron chi connectivity index (χ1n) is 7.13. The van der Waals surface area contributed by atoms with E-state index in [-0.39, 0.29) is 5.54 Å². The van der Waals surface area contributed by atoms with Crippen molar-refractivity contribution in [2.24, 2.45) is 5.41 Å². The van der Waals surface area contributed by atoms with E-state index >= 15 is 0 Å². The highest BCUT2D eigenvalue weighted by atomic mass is 16.5. The molecule has 0 aromatic heterocycles. The molecule has 0 unspecified atom stereocenters. The van der Waals surface area contributed by atoms with Gasteiger partial charge in [0.1, 0.15) is 5.75 Å². The van der Waals surface area contributed by atoms with Gasteiger partial charge in [-0.2, -0.15) is 0 Å². The zero-order valence-corrected chi connectivity index (χ0v) is 13.3. The molecule has 2 nitrogen and oxygen atoms in total. The quantitative estimate of drug-likeness (QED) is 0.850. The van der Waals surface area contributed by atoms with Crippen LogP contribution in [-0.2, 0) is 6.54 Å². The third kappa shape index (κ3) is 7.22. The van der Waals surface area contributed by atoms with Crippen molar-refractivity contribution < 1.29 is 4.74 Å². The van der Waals surface area contributed by atoms with Gasteiger partial charge in [0.2, 0.25) is 0 Å². The van der Waals surface area contributed by atoms with E-state index in [0.29, 0.717) is 5.41 Å². The number of para-hydroxylation sites is 1. The first-order chi connectivity index (χ1) is 8.67. The molecule has 0 amide bonds. The zero-order chi connectivity index (χ0) is 14.5. The van der Waals surface area contributed by atoms with E-state index < -0.39 is 0 Å². The number of ether oxygens (including phenoxy) is 1. The molecular weight excluding hydrogens is 234 g/mol. The summed E-state index contributed by atoms with van der Waals surface area (Å²) in [5.74, 6) is 1.00. The van der Waals surface area contributed by atoms with Gasteiger partial charge in [-0.05, 0) is 38.7 Å². The van der Waals surface area contributed by atoms with E-state index in [0.717, 1.165) is 25.3 Å². The van der Waals surface area contributed by atoms with Gasteiger partial charge in [0.25, 0.3) is 0 Å². The lowest BCUT2D eigenvalue weighted by molar-refractivity contribution is 0.240. The fraction of sp³-hybridized carbons (Fsp3) is 0.647. The van der Waals surface area contributed by atoms with Crippen molar-refractivity contribution >= 4 is 0 Å². The number of benzene rings is 1. The summed E-state index contributed by atoms with van der Waals surface area (Å²) in [6.45, 7) is 14.9. The minimum absolute atomic E-state index is 0.124. The van der Waals surface area contributed by atoms with Crippen LogP contribution in [-0.4, -0.2) is 12.1 Å². The van der Waals surface area contributed by atoms with Crippen LogP contribution in [0.5, 0.6) is 5.75 Å². The van der Waals surface area contributed by atoms with E-state index in [9.17, 15) is 0 Å². The van der Waals surface area contributed by atoms with Gasteiger partial charge < -0.3 is 10.1 Å². The van der Waals surface area contributed by atoms with Gasteiger partial charge in [0, 0.05) is 17.6 Å². The fourth-order valence-corrected chi connectivity index (χ4v) is 1.62. The standard InChI is InChI=1S/C17H29NO/c1-16(2,3)11-12-19-15-10-8-7-9-14(15)13-18-17(4,5)6/h7-10,18H,11-13H2,1-6H3. The van der Waals surface area contributed by atoms with Crippen LogP contribution in [0.3, 0.4) is 0 Å². The summed E-state index contributed by atoms with van der Waals surface area (Å²) in [4.78, 5) is 0. The molecule has 0 bridgehead atoms. The third-order valence-corrected chi connectivity index (χ3v) is 2.89. The first kappa shape index (κ1) is 16.0. The predicted molar refractivity (Wildman–Crippen MR) is 82.6 cm³/mol. The lowest BCUT2D eigenvalue weighted by atomic mass is 9.93. The van der Waals surface area contributed by atoms with Gasteiger partial charge in [-0.3, -0.25) is 0 Å². The van der Waals surface area contributed by atoms with Crippen molar-refractivity contribution in [3.63, 3.8) is 0 Å². The summed E-state index contributed by atoms with van der Waals surface area (Å²) < 4.78 is 5.94. The minimum atomic E-state index is 0.124. The average molecular weight is 263 g/mol. The highest BCUT2D eigenvalue weighted by molar-refractivity contribution is 5.33. The molecule has 1 aromatic rings. The van der Waals surface area contributed by atoms with Gasteiger partial charge >= 0.3 is 0 Å². The molecule has 0 aliphatic heterocycles. The highest BCUT2D eigenvalue weighted by Crippen LogP contribution is 2.22. The minimum Gasteiger partial charge on any atom is -0.493 e. The van der Waals surface area contributed by atoms with Gasteiger partial charge in [-0.15, -0.1) is 0 Å². The maximum absolute atomic E-state index is 5.94. The van der Waals surface area contributed by atoms with Crippen molar-refractivity contribution in [2.75, 3.05) is 6.61 Å². The number of nitrogens with one attached hydrogen (secondary N) is 1. The molecule has 0 saturated carbocycles. The van der Waals surface area contributed by atoms with E-state index in [1.165, 1.54) is 5.56 Å². The molecule has 0 radical (unpaired) electrons. The Labute approximate surface area is 118 Å². The van der Waals surface area contributed by atoms with Crippen molar-refractivity contribution in [3.05, 3.63) is 29.8 Å². The molecule has 0 fully saturated rings. The normalized spacial score (nSPS) is 12.5. The van der Waals surface area contributed by atoms with Crippen molar-refractivity contribution in [1.29, 1.82) is 0 Å². The fourth-order valence-electron chi connectivity index (χ4n) is 1.62. The van der Waals surface area contributed by atoms with E-state index in [4.69, 9.17) is 4.74 Å². The molecule has 19 heavy (non-hydrogen) atoms. The van der Waals surface area contributed by atoms with E-state index in [1.54, 1.807) is 0 Å². The molecule has 1 N–H and O–H groups in total. The summed E-state index contributed by atoms with van der Waals surface area (Å²) in [5, 5.41) is 3.51. The van der Waals surface area contributed by atoms with Crippen LogP contribution in [0, 0.1) is 5.41 Å². The Hall–Kier alpha value is -1.02. The van der Waals surface area contributed by atoms with Crippen molar-refractivity contribution in [2.45, 2.75) is 60.0 Å². The molecule has 1 rings (SSSR count). The molecular formula is C17H29NO. The second-order valence-corrected chi connectivity index (χ2v) is 7.37. The summed E-state index contributed by atoms with van der Waals surface area (Å²) in [5.41, 5.74) is 1.67. The van der Waals surface area contributed by atoms with E-state index in [1.807, 2.05) is 6.07 Å². The molecule has 108 valence electrons. The van der Waals surface area contributed by atoms with Crippen molar-refractivity contribution in [3.8, 4) is 5.75 Å². The van der Waals surface area contributed by atoms with Crippen LogP contribution in [0.25, 0.3) is 0 Å². The van der Waals surface area contributed by atoms with Crippen LogP contribution in [0.1, 0.15) is 53.5 Å². The Bertz CT molecular complexity index is 385. The number of rotatable bonds is 5. The molecule has 1 aromatic carbocycles. The maximum Gasteiger partial charge on any atom is 0.123 e. The highest BCUT2D eigenvalue weighted by Gasteiger charge is 2.12. The van der Waals surface area contributed by atoms with Gasteiger partial charge in [0.15, 0.2) is 0 Å². The molecule has 0 aliphatic rings. The van der Waals surface area contributed by atoms with Crippen LogP contribution in [0.2, 0.25) is 0 Å². The third-order valence-electron chi connectivity index (χ3n) is 2.89. The largest absolute Gasteiger partial charge is 0.493 e. The Morgan fingerprint density at radius 3 is 2.21 bits per heavy atom. The van der Waals surface area contributed by atoms with E-state index in [2.05, 4.69) is 65.1 Å². The smallest absolute Gasteiger partial charge is 0.123 e. The second kappa shape index (κ2) is 6.42. The van der Waals surface area contributed by atoms with Crippen LogP contribution >= 0.6 is 0 Å². The SMILES string of the molecule is CC(C)(C)CCOc1ccccc1CNC(C)(C)C. The van der Waals surface area contributed by atoms with Crippen LogP contribution in [0.4, 0.5) is 0 Å². The predicted octanol–water partition coefficient (Wildman–Crippen LogP) is 4.39. The summed E-state index contributed by atoms with van der Waals surface area (Å²) >= 11 is 0. The van der Waals surface area contributed by atoms with Gasteiger partial charge in [0.05, 0.1) is 6.61 Å². The lowest BCUT2D eigenvalue weighted by Crippen LogP contribution is -2.35. The monoisotopic (exact) mass is 263 g/mol. The molecule has 0 spiro atoms. The molecule has 0 heterocycles. The molecule has 0 atom stereocenters. The summed E-state index contributed by atoms with van der Waals surface area (Å²) in [6.07, 6.45) is 1.06.